The largest absolute Gasteiger partial charge is 0.388 e. The number of rotatable bonds is 5. The van der Waals surface area contributed by atoms with Crippen LogP contribution < -0.4 is 0 Å². The van der Waals surface area contributed by atoms with Gasteiger partial charge < -0.3 is 14.6 Å². The molecule has 0 aliphatic carbocycles. The Labute approximate surface area is 132 Å². The van der Waals surface area contributed by atoms with E-state index in [2.05, 4.69) is 28.3 Å². The Bertz CT molecular complexity index is 512. The molecule has 0 radical (unpaired) electrons. The molecule has 1 unspecified atom stereocenters. The topological polar surface area (TPSA) is 61.6 Å². The highest BCUT2D eigenvalue weighted by atomic mass is 16.3. The Hall–Kier alpha value is -1.40. The fourth-order valence-corrected chi connectivity index (χ4v) is 3.07. The molecule has 1 saturated heterocycles. The van der Waals surface area contributed by atoms with Crippen LogP contribution in [0.2, 0.25) is 0 Å². The zero-order chi connectivity index (χ0) is 16.3. The van der Waals surface area contributed by atoms with Gasteiger partial charge in [-0.25, -0.2) is 4.98 Å². The second-order valence-electron chi connectivity index (χ2n) is 6.89. The Morgan fingerprint density at radius 2 is 2.23 bits per heavy atom. The van der Waals surface area contributed by atoms with E-state index in [1.54, 1.807) is 19.0 Å². The molecule has 1 aromatic rings. The van der Waals surface area contributed by atoms with Gasteiger partial charge in [-0.3, -0.25) is 9.69 Å². The van der Waals surface area contributed by atoms with Crippen LogP contribution in [0.3, 0.4) is 0 Å². The number of imidazole rings is 1. The number of amides is 1. The average Bonchev–Trinajstić information content (AvgIpc) is 2.86. The molecule has 1 aliphatic rings. The Morgan fingerprint density at radius 3 is 2.86 bits per heavy atom. The number of likely N-dealkylation sites (tertiary alicyclic amines) is 1. The minimum atomic E-state index is -0.914. The van der Waals surface area contributed by atoms with Crippen molar-refractivity contribution in [3.8, 4) is 0 Å². The van der Waals surface area contributed by atoms with Crippen LogP contribution in [0.15, 0.2) is 12.5 Å². The van der Waals surface area contributed by atoms with Crippen LogP contribution in [0, 0.1) is 0 Å². The molecule has 22 heavy (non-hydrogen) atoms. The van der Waals surface area contributed by atoms with E-state index in [1.807, 2.05) is 12.5 Å². The molecule has 1 N–H and O–H groups in total. The first-order valence-corrected chi connectivity index (χ1v) is 7.96. The summed E-state index contributed by atoms with van der Waals surface area (Å²) in [4.78, 5) is 19.9. The van der Waals surface area contributed by atoms with Crippen molar-refractivity contribution in [3.63, 3.8) is 0 Å². The van der Waals surface area contributed by atoms with E-state index >= 15 is 0 Å². The number of aliphatic hydroxyl groups is 1. The average molecular weight is 308 g/mol. The molecular formula is C16H28N4O2. The fraction of sp³-hybridized carbons (Fsp3) is 0.750. The molecule has 124 valence electrons. The second-order valence-corrected chi connectivity index (χ2v) is 6.89. The third kappa shape index (κ3) is 4.08. The van der Waals surface area contributed by atoms with E-state index in [0.717, 1.165) is 25.2 Å². The van der Waals surface area contributed by atoms with Crippen molar-refractivity contribution >= 4 is 5.91 Å². The number of β-amino-alcohol motifs (C(OH)–C–C–N with tert-alkyl or cyclic N) is 1. The minimum absolute atomic E-state index is 0.0171. The maximum Gasteiger partial charge on any atom is 0.224 e. The number of carbonyl (C=O) groups is 1. The van der Waals surface area contributed by atoms with Crippen molar-refractivity contribution in [2.45, 2.75) is 51.3 Å². The van der Waals surface area contributed by atoms with Crippen molar-refractivity contribution in [2.75, 3.05) is 27.2 Å². The molecule has 6 nitrogen and oxygen atoms in total. The standard InChI is InChI=1S/C16H28N4O2/c1-13(2)20-12-17-9-14(20)10-19-7-5-6-16(22,11-19)8-15(21)18(3)4/h9,12-13,22H,5-8,10-11H2,1-4H3. The van der Waals surface area contributed by atoms with Gasteiger partial charge in [-0.1, -0.05) is 0 Å². The first-order valence-electron chi connectivity index (χ1n) is 7.96. The Kier molecular flexibility index (Phi) is 5.24. The number of nitrogens with zero attached hydrogens (tertiary/aromatic N) is 4. The molecule has 0 bridgehead atoms. The Morgan fingerprint density at radius 1 is 1.50 bits per heavy atom. The normalized spacial score (nSPS) is 23.0. The van der Waals surface area contributed by atoms with Crippen molar-refractivity contribution in [2.24, 2.45) is 0 Å². The van der Waals surface area contributed by atoms with Gasteiger partial charge in [0.15, 0.2) is 0 Å². The predicted molar refractivity (Wildman–Crippen MR) is 85.4 cm³/mol. The fourth-order valence-electron chi connectivity index (χ4n) is 3.07. The van der Waals surface area contributed by atoms with Crippen molar-refractivity contribution in [3.05, 3.63) is 18.2 Å². The van der Waals surface area contributed by atoms with Gasteiger partial charge in [0.05, 0.1) is 24.0 Å². The van der Waals surface area contributed by atoms with Crippen LogP contribution in [0.4, 0.5) is 0 Å². The second kappa shape index (κ2) is 6.79. The summed E-state index contributed by atoms with van der Waals surface area (Å²) < 4.78 is 2.15. The van der Waals surface area contributed by atoms with Gasteiger partial charge in [-0.05, 0) is 33.2 Å². The van der Waals surface area contributed by atoms with Gasteiger partial charge >= 0.3 is 0 Å². The molecule has 0 spiro atoms. The lowest BCUT2D eigenvalue weighted by atomic mass is 9.89. The molecule has 1 amide bonds. The van der Waals surface area contributed by atoms with E-state index in [4.69, 9.17) is 0 Å². The zero-order valence-electron chi connectivity index (χ0n) is 14.1. The summed E-state index contributed by atoms with van der Waals surface area (Å²) in [6.07, 6.45) is 5.53. The summed E-state index contributed by atoms with van der Waals surface area (Å²) in [6.45, 7) is 6.51. The maximum absolute atomic E-state index is 11.9. The first-order chi connectivity index (χ1) is 10.3. The smallest absolute Gasteiger partial charge is 0.224 e. The quantitative estimate of drug-likeness (QED) is 0.890. The number of aromatic nitrogens is 2. The van der Waals surface area contributed by atoms with Gasteiger partial charge in [0.25, 0.3) is 0 Å². The van der Waals surface area contributed by atoms with E-state index in [0.29, 0.717) is 19.0 Å². The molecule has 0 aromatic carbocycles. The molecule has 0 saturated carbocycles. The molecule has 1 aliphatic heterocycles. The number of piperidine rings is 1. The lowest BCUT2D eigenvalue weighted by Crippen LogP contribution is -2.50. The molecule has 1 fully saturated rings. The summed E-state index contributed by atoms with van der Waals surface area (Å²) in [7, 11) is 3.46. The number of hydrogen-bond donors (Lipinski definition) is 1. The van der Waals surface area contributed by atoms with Crippen LogP contribution in [-0.4, -0.2) is 63.2 Å². The lowest BCUT2D eigenvalue weighted by molar-refractivity contribution is -0.136. The monoisotopic (exact) mass is 308 g/mol. The van der Waals surface area contributed by atoms with Gasteiger partial charge in [-0.15, -0.1) is 0 Å². The number of carbonyl (C=O) groups excluding carboxylic acids is 1. The van der Waals surface area contributed by atoms with E-state index in [1.165, 1.54) is 0 Å². The molecule has 2 rings (SSSR count). The zero-order valence-corrected chi connectivity index (χ0v) is 14.1. The van der Waals surface area contributed by atoms with Crippen LogP contribution >= 0.6 is 0 Å². The summed E-state index contributed by atoms with van der Waals surface area (Å²) in [6, 6.07) is 0.372. The molecule has 6 heteroatoms. The van der Waals surface area contributed by atoms with Crippen molar-refractivity contribution < 1.29 is 9.90 Å². The lowest BCUT2D eigenvalue weighted by Gasteiger charge is -2.39. The molecular weight excluding hydrogens is 280 g/mol. The SMILES string of the molecule is CC(C)n1cncc1CN1CCCC(O)(CC(=O)N(C)C)C1. The van der Waals surface area contributed by atoms with E-state index in [9.17, 15) is 9.90 Å². The van der Waals surface area contributed by atoms with Crippen molar-refractivity contribution in [1.29, 1.82) is 0 Å². The van der Waals surface area contributed by atoms with Gasteiger partial charge in [0, 0.05) is 39.4 Å². The van der Waals surface area contributed by atoms with Crippen LogP contribution in [0.1, 0.15) is 44.8 Å². The van der Waals surface area contributed by atoms with Gasteiger partial charge in [-0.2, -0.15) is 0 Å². The molecule has 1 atom stereocenters. The summed E-state index contributed by atoms with van der Waals surface area (Å²) >= 11 is 0. The third-order valence-electron chi connectivity index (χ3n) is 4.30. The van der Waals surface area contributed by atoms with Crippen molar-refractivity contribution in [1.82, 2.24) is 19.4 Å². The Balaban J connectivity index is 2.01. The van der Waals surface area contributed by atoms with Gasteiger partial charge in [0.1, 0.15) is 0 Å². The third-order valence-corrected chi connectivity index (χ3v) is 4.30. The highest BCUT2D eigenvalue weighted by molar-refractivity contribution is 5.76. The van der Waals surface area contributed by atoms with E-state index in [-0.39, 0.29) is 12.3 Å². The highest BCUT2D eigenvalue weighted by Gasteiger charge is 2.36. The number of hydrogen-bond acceptors (Lipinski definition) is 4. The van der Waals surface area contributed by atoms with Crippen LogP contribution in [-0.2, 0) is 11.3 Å². The summed E-state index contributed by atoms with van der Waals surface area (Å²) in [5.41, 5.74) is 0.237. The highest BCUT2D eigenvalue weighted by Crippen LogP contribution is 2.26. The minimum Gasteiger partial charge on any atom is -0.388 e. The summed E-state index contributed by atoms with van der Waals surface area (Å²) in [5.74, 6) is -0.0171. The summed E-state index contributed by atoms with van der Waals surface area (Å²) in [5, 5.41) is 10.8. The first kappa shape index (κ1) is 17.0. The van der Waals surface area contributed by atoms with Gasteiger partial charge in [0.2, 0.25) is 5.91 Å². The van der Waals surface area contributed by atoms with Crippen LogP contribution in [0.25, 0.3) is 0 Å². The molecule has 1 aromatic heterocycles. The maximum atomic E-state index is 11.9. The predicted octanol–water partition coefficient (Wildman–Crippen LogP) is 1.27. The van der Waals surface area contributed by atoms with Crippen LogP contribution in [0.5, 0.6) is 0 Å². The van der Waals surface area contributed by atoms with E-state index < -0.39 is 5.60 Å². The molecule has 2 heterocycles.